The average molecular weight is 265 g/mol. The van der Waals surface area contributed by atoms with Crippen LogP contribution in [0.3, 0.4) is 0 Å². The molecule has 0 bridgehead atoms. The van der Waals surface area contributed by atoms with E-state index in [0.717, 1.165) is 11.1 Å². The van der Waals surface area contributed by atoms with E-state index in [1.165, 1.54) is 6.07 Å². The van der Waals surface area contributed by atoms with Gasteiger partial charge in [-0.2, -0.15) is 4.57 Å². The molecule has 4 heteroatoms. The number of nitrogens with zero attached hydrogens (tertiary/aromatic N) is 2. The van der Waals surface area contributed by atoms with E-state index in [0.29, 0.717) is 11.9 Å². The van der Waals surface area contributed by atoms with E-state index in [2.05, 4.69) is 0 Å². The maximum Gasteiger partial charge on any atom is 0.283 e. The highest BCUT2D eigenvalue weighted by molar-refractivity contribution is 5.85. The zero-order valence-corrected chi connectivity index (χ0v) is 10.8. The van der Waals surface area contributed by atoms with Gasteiger partial charge in [-0.1, -0.05) is 30.3 Å². The maximum absolute atomic E-state index is 11.1. The van der Waals surface area contributed by atoms with Crippen molar-refractivity contribution >= 4 is 16.6 Å². The molecule has 20 heavy (non-hydrogen) atoms. The fourth-order valence-corrected chi connectivity index (χ4v) is 2.36. The first kappa shape index (κ1) is 12.3. The summed E-state index contributed by atoms with van der Waals surface area (Å²) in [5.74, 6) is 0. The highest BCUT2D eigenvalue weighted by Crippen LogP contribution is 2.22. The quantitative estimate of drug-likeness (QED) is 0.415. The summed E-state index contributed by atoms with van der Waals surface area (Å²) >= 11 is 0. The van der Waals surface area contributed by atoms with Gasteiger partial charge in [0.15, 0.2) is 12.7 Å². The average Bonchev–Trinajstić information content (AvgIpc) is 2.48. The molecular formula is C16H13N2O2+. The van der Waals surface area contributed by atoms with Crippen molar-refractivity contribution in [2.75, 3.05) is 0 Å². The molecule has 0 aliphatic rings. The molecule has 0 radical (unpaired) electrons. The van der Waals surface area contributed by atoms with Gasteiger partial charge >= 0.3 is 0 Å². The molecule has 0 amide bonds. The van der Waals surface area contributed by atoms with Crippen LogP contribution < -0.4 is 4.57 Å². The van der Waals surface area contributed by atoms with Crippen LogP contribution in [0.4, 0.5) is 5.69 Å². The van der Waals surface area contributed by atoms with E-state index < -0.39 is 0 Å². The van der Waals surface area contributed by atoms with Crippen molar-refractivity contribution in [3.63, 3.8) is 0 Å². The van der Waals surface area contributed by atoms with Gasteiger partial charge in [-0.3, -0.25) is 10.1 Å². The summed E-state index contributed by atoms with van der Waals surface area (Å²) in [6, 6.07) is 18.8. The Balaban J connectivity index is 2.13. The lowest BCUT2D eigenvalue weighted by atomic mass is 10.1. The van der Waals surface area contributed by atoms with Crippen molar-refractivity contribution in [2.45, 2.75) is 6.54 Å². The van der Waals surface area contributed by atoms with Gasteiger partial charge in [0.1, 0.15) is 5.39 Å². The number of aromatic nitrogens is 1. The Kier molecular flexibility index (Phi) is 3.13. The number of rotatable bonds is 3. The first-order valence-electron chi connectivity index (χ1n) is 6.35. The Morgan fingerprint density at radius 1 is 0.950 bits per heavy atom. The predicted octanol–water partition coefficient (Wildman–Crippen LogP) is 3.08. The molecule has 4 nitrogen and oxygen atoms in total. The second kappa shape index (κ2) is 5.09. The number of non-ortho nitro benzene ring substituents is 1. The van der Waals surface area contributed by atoms with Crippen molar-refractivity contribution in [1.29, 1.82) is 0 Å². The van der Waals surface area contributed by atoms with Crippen LogP contribution in [0.15, 0.2) is 66.9 Å². The highest BCUT2D eigenvalue weighted by Gasteiger charge is 2.17. The summed E-state index contributed by atoms with van der Waals surface area (Å²) in [5, 5.41) is 11.7. The van der Waals surface area contributed by atoms with E-state index in [-0.39, 0.29) is 10.6 Å². The molecule has 0 aliphatic heterocycles. The first-order valence-corrected chi connectivity index (χ1v) is 6.35. The van der Waals surface area contributed by atoms with Crippen LogP contribution in [0.5, 0.6) is 0 Å². The van der Waals surface area contributed by atoms with Crippen LogP contribution >= 0.6 is 0 Å². The molecule has 0 saturated carbocycles. The fourth-order valence-electron chi connectivity index (χ4n) is 2.36. The molecule has 1 aromatic heterocycles. The van der Waals surface area contributed by atoms with Crippen LogP contribution in [0.2, 0.25) is 0 Å². The standard InChI is InChI=1S/C16H13N2O2/c19-18(20)16-10-4-9-15-14(16)8-5-11-17(15)12-13-6-2-1-3-7-13/h1-11H,12H2/q+1. The van der Waals surface area contributed by atoms with E-state index in [4.69, 9.17) is 0 Å². The molecule has 3 aromatic rings. The third kappa shape index (κ3) is 2.23. The highest BCUT2D eigenvalue weighted by atomic mass is 16.6. The van der Waals surface area contributed by atoms with Gasteiger partial charge in [-0.15, -0.1) is 0 Å². The monoisotopic (exact) mass is 265 g/mol. The Morgan fingerprint density at radius 3 is 2.50 bits per heavy atom. The number of hydrogen-bond donors (Lipinski definition) is 0. The van der Waals surface area contributed by atoms with Gasteiger partial charge in [0, 0.05) is 23.8 Å². The van der Waals surface area contributed by atoms with Crippen molar-refractivity contribution < 1.29 is 9.49 Å². The van der Waals surface area contributed by atoms with Gasteiger partial charge in [0.2, 0.25) is 5.52 Å². The van der Waals surface area contributed by atoms with E-state index >= 15 is 0 Å². The summed E-state index contributed by atoms with van der Waals surface area (Å²) in [6.07, 6.45) is 1.94. The summed E-state index contributed by atoms with van der Waals surface area (Å²) < 4.78 is 2.03. The summed E-state index contributed by atoms with van der Waals surface area (Å²) in [6.45, 7) is 0.694. The topological polar surface area (TPSA) is 47.0 Å². The summed E-state index contributed by atoms with van der Waals surface area (Å²) in [5.41, 5.74) is 2.17. The molecule has 0 unspecified atom stereocenters. The van der Waals surface area contributed by atoms with Gasteiger partial charge in [0.25, 0.3) is 5.69 Å². The van der Waals surface area contributed by atoms with Gasteiger partial charge in [-0.25, -0.2) is 0 Å². The van der Waals surface area contributed by atoms with Crippen LogP contribution in [-0.2, 0) is 6.54 Å². The molecule has 1 heterocycles. The van der Waals surface area contributed by atoms with Crippen LogP contribution in [0.25, 0.3) is 10.9 Å². The molecule has 3 rings (SSSR count). The third-order valence-electron chi connectivity index (χ3n) is 3.29. The molecule has 98 valence electrons. The normalized spacial score (nSPS) is 10.6. The number of nitro groups is 1. The Labute approximate surface area is 116 Å². The SMILES string of the molecule is O=[N+]([O-])c1cccc2c1ccc[n+]2Cc1ccccc1. The zero-order chi connectivity index (χ0) is 13.9. The second-order valence-electron chi connectivity index (χ2n) is 4.59. The minimum absolute atomic E-state index is 0.143. The minimum atomic E-state index is -0.338. The van der Waals surface area contributed by atoms with Crippen molar-refractivity contribution in [3.05, 3.63) is 82.5 Å². The number of pyridine rings is 1. The van der Waals surface area contributed by atoms with Crippen LogP contribution in [0, 0.1) is 10.1 Å². The molecule has 0 atom stereocenters. The second-order valence-corrected chi connectivity index (χ2v) is 4.59. The predicted molar refractivity (Wildman–Crippen MR) is 76.3 cm³/mol. The van der Waals surface area contributed by atoms with E-state index in [1.54, 1.807) is 12.1 Å². The maximum atomic E-state index is 11.1. The molecule has 2 aromatic carbocycles. The number of hydrogen-bond acceptors (Lipinski definition) is 2. The van der Waals surface area contributed by atoms with Crippen molar-refractivity contribution in [2.24, 2.45) is 0 Å². The fraction of sp³-hybridized carbons (Fsp3) is 0.0625. The molecule has 0 aliphatic carbocycles. The Hall–Kier alpha value is -2.75. The molecule has 0 saturated heterocycles. The molecule has 0 spiro atoms. The van der Waals surface area contributed by atoms with Crippen LogP contribution in [0.1, 0.15) is 5.56 Å². The lowest BCUT2D eigenvalue weighted by Crippen LogP contribution is -2.34. The van der Waals surface area contributed by atoms with Crippen LogP contribution in [-0.4, -0.2) is 4.92 Å². The summed E-state index contributed by atoms with van der Waals surface area (Å²) in [4.78, 5) is 10.7. The minimum Gasteiger partial charge on any atom is -0.258 e. The lowest BCUT2D eigenvalue weighted by molar-refractivity contribution is -0.662. The number of nitro benzene ring substituents is 1. The summed E-state index contributed by atoms with van der Waals surface area (Å²) in [7, 11) is 0. The Morgan fingerprint density at radius 2 is 1.75 bits per heavy atom. The number of fused-ring (bicyclic) bond motifs is 1. The third-order valence-corrected chi connectivity index (χ3v) is 3.29. The molecule has 0 fully saturated rings. The lowest BCUT2D eigenvalue weighted by Gasteiger charge is -2.02. The number of benzene rings is 2. The van der Waals surface area contributed by atoms with E-state index in [1.807, 2.05) is 53.2 Å². The van der Waals surface area contributed by atoms with Crippen molar-refractivity contribution in [1.82, 2.24) is 0 Å². The van der Waals surface area contributed by atoms with Gasteiger partial charge in [0.05, 0.1) is 4.92 Å². The first-order chi connectivity index (χ1) is 9.75. The van der Waals surface area contributed by atoms with Gasteiger partial charge in [-0.05, 0) is 12.1 Å². The smallest absolute Gasteiger partial charge is 0.258 e. The molecule has 0 N–H and O–H groups in total. The Bertz CT molecular complexity index is 770. The zero-order valence-electron chi connectivity index (χ0n) is 10.8. The molecular weight excluding hydrogens is 252 g/mol. The largest absolute Gasteiger partial charge is 0.283 e. The van der Waals surface area contributed by atoms with Gasteiger partial charge < -0.3 is 0 Å². The van der Waals surface area contributed by atoms with E-state index in [9.17, 15) is 10.1 Å². The van der Waals surface area contributed by atoms with Crippen molar-refractivity contribution in [3.8, 4) is 0 Å².